The van der Waals surface area contributed by atoms with Gasteiger partial charge in [0.2, 0.25) is 0 Å². The van der Waals surface area contributed by atoms with E-state index >= 15 is 0 Å². The van der Waals surface area contributed by atoms with Crippen LogP contribution >= 0.6 is 0 Å². The molecule has 3 N–H and O–H groups in total. The predicted octanol–water partition coefficient (Wildman–Crippen LogP) is 3.19. The number of hydrogen-bond donors (Lipinski definition) is 2. The number of benzene rings is 2. The quantitative estimate of drug-likeness (QED) is 0.653. The first kappa shape index (κ1) is 13.7. The highest BCUT2D eigenvalue weighted by Crippen LogP contribution is 2.23. The minimum absolute atomic E-state index is 0.0856. The van der Waals surface area contributed by atoms with Crippen molar-refractivity contribution in [2.45, 2.75) is 26.3 Å². The number of halogens is 1. The van der Waals surface area contributed by atoms with Crippen LogP contribution in [-0.4, -0.2) is 0 Å². The fourth-order valence-electron chi connectivity index (χ4n) is 2.36. The monoisotopic (exact) mass is 258 g/mol. The van der Waals surface area contributed by atoms with Gasteiger partial charge in [0.1, 0.15) is 5.82 Å². The topological polar surface area (TPSA) is 38.0 Å². The summed E-state index contributed by atoms with van der Waals surface area (Å²) in [6.45, 7) is 4.10. The van der Waals surface area contributed by atoms with Gasteiger partial charge in [-0.3, -0.25) is 11.3 Å². The molecule has 0 aliphatic heterocycles. The molecule has 0 spiro atoms. The van der Waals surface area contributed by atoms with Crippen molar-refractivity contribution < 1.29 is 4.39 Å². The number of rotatable bonds is 4. The normalized spacial score (nSPS) is 12.4. The van der Waals surface area contributed by atoms with Gasteiger partial charge in [-0.15, -0.1) is 0 Å². The van der Waals surface area contributed by atoms with Gasteiger partial charge in [-0.05, 0) is 43.0 Å². The van der Waals surface area contributed by atoms with E-state index in [0.717, 1.165) is 5.56 Å². The number of nitrogens with two attached hydrogens (primary N) is 1. The summed E-state index contributed by atoms with van der Waals surface area (Å²) >= 11 is 0. The molecule has 2 rings (SSSR count). The Morgan fingerprint density at radius 3 is 2.53 bits per heavy atom. The molecule has 0 bridgehead atoms. The van der Waals surface area contributed by atoms with Gasteiger partial charge in [0.05, 0.1) is 6.04 Å². The molecule has 0 saturated heterocycles. The number of aryl methyl sites for hydroxylation is 2. The van der Waals surface area contributed by atoms with Crippen LogP contribution in [0.4, 0.5) is 4.39 Å². The number of hydrogen-bond acceptors (Lipinski definition) is 2. The van der Waals surface area contributed by atoms with E-state index < -0.39 is 0 Å². The highest BCUT2D eigenvalue weighted by Gasteiger charge is 2.14. The van der Waals surface area contributed by atoms with Gasteiger partial charge in [0.25, 0.3) is 0 Å². The zero-order valence-electron chi connectivity index (χ0n) is 11.3. The second kappa shape index (κ2) is 5.95. The molecular weight excluding hydrogens is 239 g/mol. The summed E-state index contributed by atoms with van der Waals surface area (Å²) in [5.74, 6) is 5.45. The Kier molecular flexibility index (Phi) is 4.30. The standard InChI is InChI=1S/C16H19FN2/c1-11-7-8-14(12(2)9-11)16(19-18)10-13-5-3-4-6-15(13)17/h3-9,16,19H,10,18H2,1-2H3. The van der Waals surface area contributed by atoms with E-state index in [4.69, 9.17) is 5.84 Å². The molecule has 0 saturated carbocycles. The first-order valence-corrected chi connectivity index (χ1v) is 6.38. The Labute approximate surface area is 113 Å². The van der Waals surface area contributed by atoms with E-state index in [2.05, 4.69) is 24.5 Å². The molecular formula is C16H19FN2. The maximum Gasteiger partial charge on any atom is 0.126 e. The first-order chi connectivity index (χ1) is 9.11. The van der Waals surface area contributed by atoms with Gasteiger partial charge in [0.15, 0.2) is 0 Å². The lowest BCUT2D eigenvalue weighted by Crippen LogP contribution is -2.30. The average Bonchev–Trinajstić information content (AvgIpc) is 2.39. The lowest BCUT2D eigenvalue weighted by atomic mass is 9.94. The smallest absolute Gasteiger partial charge is 0.126 e. The molecule has 2 aromatic carbocycles. The van der Waals surface area contributed by atoms with Crippen molar-refractivity contribution in [3.05, 3.63) is 70.5 Å². The molecule has 1 unspecified atom stereocenters. The second-order valence-corrected chi connectivity index (χ2v) is 4.87. The lowest BCUT2D eigenvalue weighted by Gasteiger charge is -2.19. The fourth-order valence-corrected chi connectivity index (χ4v) is 2.36. The Balaban J connectivity index is 2.28. The van der Waals surface area contributed by atoms with Crippen LogP contribution in [0.5, 0.6) is 0 Å². The summed E-state index contributed by atoms with van der Waals surface area (Å²) in [6.07, 6.45) is 0.535. The SMILES string of the molecule is Cc1ccc(C(Cc2ccccc2F)NN)c(C)c1. The largest absolute Gasteiger partial charge is 0.271 e. The van der Waals surface area contributed by atoms with Crippen LogP contribution in [0.2, 0.25) is 0 Å². The summed E-state index contributed by atoms with van der Waals surface area (Å²) in [4.78, 5) is 0. The number of hydrazine groups is 1. The molecule has 0 fully saturated rings. The van der Waals surface area contributed by atoms with Crippen molar-refractivity contribution in [1.82, 2.24) is 5.43 Å². The Hall–Kier alpha value is -1.71. The van der Waals surface area contributed by atoms with Crippen LogP contribution in [0.25, 0.3) is 0 Å². The van der Waals surface area contributed by atoms with Crippen molar-refractivity contribution >= 4 is 0 Å². The number of nitrogens with one attached hydrogen (secondary N) is 1. The van der Waals surface area contributed by atoms with E-state index in [9.17, 15) is 4.39 Å². The maximum atomic E-state index is 13.7. The third kappa shape index (κ3) is 3.19. The highest BCUT2D eigenvalue weighted by atomic mass is 19.1. The minimum Gasteiger partial charge on any atom is -0.271 e. The van der Waals surface area contributed by atoms with Crippen LogP contribution < -0.4 is 11.3 Å². The molecule has 1 atom stereocenters. The molecule has 2 nitrogen and oxygen atoms in total. The van der Waals surface area contributed by atoms with E-state index in [1.54, 1.807) is 12.1 Å². The van der Waals surface area contributed by atoms with E-state index in [1.165, 1.54) is 17.2 Å². The Bertz CT molecular complexity index is 566. The van der Waals surface area contributed by atoms with E-state index in [0.29, 0.717) is 12.0 Å². The molecule has 19 heavy (non-hydrogen) atoms. The van der Waals surface area contributed by atoms with Crippen molar-refractivity contribution in [2.75, 3.05) is 0 Å². The summed E-state index contributed by atoms with van der Waals surface area (Å²) in [5.41, 5.74) is 6.94. The van der Waals surface area contributed by atoms with Gasteiger partial charge in [-0.2, -0.15) is 0 Å². The highest BCUT2D eigenvalue weighted by molar-refractivity contribution is 5.34. The first-order valence-electron chi connectivity index (χ1n) is 6.38. The third-order valence-electron chi connectivity index (χ3n) is 3.38. The van der Waals surface area contributed by atoms with Gasteiger partial charge >= 0.3 is 0 Å². The fraction of sp³-hybridized carbons (Fsp3) is 0.250. The summed E-state index contributed by atoms with van der Waals surface area (Å²) in [5, 5.41) is 0. The molecule has 0 aliphatic carbocycles. The molecule has 2 aromatic rings. The Morgan fingerprint density at radius 1 is 1.16 bits per heavy atom. The average molecular weight is 258 g/mol. The van der Waals surface area contributed by atoms with Crippen molar-refractivity contribution in [1.29, 1.82) is 0 Å². The minimum atomic E-state index is -0.187. The zero-order chi connectivity index (χ0) is 13.8. The molecule has 0 heterocycles. The molecule has 3 heteroatoms. The summed E-state index contributed by atoms with van der Waals surface area (Å²) in [6, 6.07) is 12.9. The van der Waals surface area contributed by atoms with Crippen LogP contribution in [0.15, 0.2) is 42.5 Å². The summed E-state index contributed by atoms with van der Waals surface area (Å²) < 4.78 is 13.7. The van der Waals surface area contributed by atoms with Gasteiger partial charge in [-0.25, -0.2) is 4.39 Å². The molecule has 0 aliphatic rings. The van der Waals surface area contributed by atoms with Gasteiger partial charge < -0.3 is 0 Å². The van der Waals surface area contributed by atoms with Crippen LogP contribution in [0, 0.1) is 19.7 Å². The maximum absolute atomic E-state index is 13.7. The Morgan fingerprint density at radius 2 is 1.89 bits per heavy atom. The molecule has 100 valence electrons. The van der Waals surface area contributed by atoms with Crippen molar-refractivity contribution in [2.24, 2.45) is 5.84 Å². The van der Waals surface area contributed by atoms with Crippen molar-refractivity contribution in [3.63, 3.8) is 0 Å². The third-order valence-corrected chi connectivity index (χ3v) is 3.38. The molecule has 0 amide bonds. The molecule has 0 radical (unpaired) electrons. The lowest BCUT2D eigenvalue weighted by molar-refractivity contribution is 0.527. The van der Waals surface area contributed by atoms with Crippen LogP contribution in [-0.2, 0) is 6.42 Å². The second-order valence-electron chi connectivity index (χ2n) is 4.87. The van der Waals surface area contributed by atoms with Crippen molar-refractivity contribution in [3.8, 4) is 0 Å². The molecule has 0 aromatic heterocycles. The van der Waals surface area contributed by atoms with Crippen LogP contribution in [0.1, 0.15) is 28.3 Å². The van der Waals surface area contributed by atoms with E-state index in [1.807, 2.05) is 19.1 Å². The van der Waals surface area contributed by atoms with Crippen LogP contribution in [0.3, 0.4) is 0 Å². The zero-order valence-corrected chi connectivity index (χ0v) is 11.3. The predicted molar refractivity (Wildman–Crippen MR) is 76.1 cm³/mol. The summed E-state index contributed by atoms with van der Waals surface area (Å²) in [7, 11) is 0. The van der Waals surface area contributed by atoms with Gasteiger partial charge in [0, 0.05) is 0 Å². The van der Waals surface area contributed by atoms with E-state index in [-0.39, 0.29) is 11.9 Å². The van der Waals surface area contributed by atoms with Gasteiger partial charge in [-0.1, -0.05) is 42.0 Å².